The number of aliphatic hydroxyl groups is 1. The minimum Gasteiger partial charge on any atom is -0.502 e. The molecule has 0 aromatic heterocycles. The summed E-state index contributed by atoms with van der Waals surface area (Å²) >= 11 is 5.28. The van der Waals surface area contributed by atoms with Crippen LogP contribution in [0.5, 0.6) is 0 Å². The number of hydrogen-bond acceptors (Lipinski definition) is 1. The maximum Gasteiger partial charge on any atom is 0.164 e. The molecule has 2 heteroatoms. The standard InChI is InChI=1S/C25H36OS/c1-3-5-7-8-13-20(12-6-4-2)18-19-24(25(26)27)23-17-11-15-21-14-9-10-16-22(21)23/h9-11,14-17,20,24H,3-8,12-13,18-19H2,1-2H3,(H,26,27). The predicted molar refractivity (Wildman–Crippen MR) is 123 cm³/mol. The second-order valence-electron chi connectivity index (χ2n) is 7.89. The molecule has 0 radical (unpaired) electrons. The van der Waals surface area contributed by atoms with E-state index in [2.05, 4.69) is 56.3 Å². The molecule has 0 amide bonds. The molecule has 0 aliphatic heterocycles. The highest BCUT2D eigenvalue weighted by Gasteiger charge is 2.20. The maximum atomic E-state index is 10.3. The van der Waals surface area contributed by atoms with Gasteiger partial charge in [0, 0.05) is 0 Å². The summed E-state index contributed by atoms with van der Waals surface area (Å²) in [4.78, 5) is 0. The lowest BCUT2D eigenvalue weighted by molar-refractivity contribution is 0.371. The highest BCUT2D eigenvalue weighted by atomic mass is 32.1. The van der Waals surface area contributed by atoms with Crippen LogP contribution in [0.1, 0.15) is 89.5 Å². The molecule has 2 atom stereocenters. The summed E-state index contributed by atoms with van der Waals surface area (Å²) in [6.45, 7) is 4.54. The highest BCUT2D eigenvalue weighted by molar-refractivity contribution is 7.80. The van der Waals surface area contributed by atoms with Gasteiger partial charge < -0.3 is 5.11 Å². The second-order valence-corrected chi connectivity index (χ2v) is 8.31. The third-order valence-electron chi connectivity index (χ3n) is 5.79. The fraction of sp³-hybridized carbons (Fsp3) is 0.560. The molecular formula is C25H36OS. The van der Waals surface area contributed by atoms with Crippen molar-refractivity contribution in [2.24, 2.45) is 5.92 Å². The average Bonchev–Trinajstić information content (AvgIpc) is 2.68. The quantitative estimate of drug-likeness (QED) is 0.276. The van der Waals surface area contributed by atoms with Crippen LogP contribution in [-0.2, 0) is 0 Å². The van der Waals surface area contributed by atoms with Crippen molar-refractivity contribution < 1.29 is 5.11 Å². The van der Waals surface area contributed by atoms with E-state index in [1.807, 2.05) is 0 Å². The maximum absolute atomic E-state index is 10.3. The molecular weight excluding hydrogens is 348 g/mol. The summed E-state index contributed by atoms with van der Waals surface area (Å²) in [5.74, 6) is 0.722. The Kier molecular flexibility index (Phi) is 9.83. The van der Waals surface area contributed by atoms with Gasteiger partial charge in [0.05, 0.1) is 5.92 Å². The molecule has 0 spiro atoms. The number of aliphatic hydroxyl groups excluding tert-OH is 1. The van der Waals surface area contributed by atoms with Gasteiger partial charge in [-0.1, -0.05) is 108 Å². The number of benzene rings is 2. The third-order valence-corrected chi connectivity index (χ3v) is 6.08. The van der Waals surface area contributed by atoms with Crippen LogP contribution in [0.25, 0.3) is 10.8 Å². The Bertz CT molecular complexity index is 688. The minimum absolute atomic E-state index is 0.0362. The molecule has 1 N–H and O–H groups in total. The molecule has 0 aliphatic carbocycles. The van der Waals surface area contributed by atoms with Crippen LogP contribution in [0, 0.1) is 5.92 Å². The lowest BCUT2D eigenvalue weighted by atomic mass is 9.84. The van der Waals surface area contributed by atoms with E-state index in [1.165, 1.54) is 67.7 Å². The molecule has 148 valence electrons. The van der Waals surface area contributed by atoms with Crippen LogP contribution in [0.15, 0.2) is 42.5 Å². The van der Waals surface area contributed by atoms with Crippen LogP contribution in [0.3, 0.4) is 0 Å². The zero-order valence-corrected chi connectivity index (χ0v) is 17.9. The van der Waals surface area contributed by atoms with Crippen LogP contribution in [0.2, 0.25) is 0 Å². The summed E-state index contributed by atoms with van der Waals surface area (Å²) in [5, 5.41) is 12.9. The molecule has 2 aromatic carbocycles. The van der Waals surface area contributed by atoms with Gasteiger partial charge >= 0.3 is 0 Å². The zero-order chi connectivity index (χ0) is 19.5. The van der Waals surface area contributed by atoms with E-state index in [-0.39, 0.29) is 11.0 Å². The van der Waals surface area contributed by atoms with Crippen molar-refractivity contribution in [3.63, 3.8) is 0 Å². The van der Waals surface area contributed by atoms with Gasteiger partial charge in [-0.05, 0) is 47.3 Å². The Labute approximate surface area is 171 Å². The molecule has 0 fully saturated rings. The van der Waals surface area contributed by atoms with Gasteiger partial charge in [-0.25, -0.2) is 0 Å². The SMILES string of the molecule is CCCCCCC(CCCC)CCC(C(O)=S)c1cccc2ccccc12. The number of unbranched alkanes of at least 4 members (excludes halogenated alkanes) is 4. The third kappa shape index (κ3) is 6.92. The van der Waals surface area contributed by atoms with Gasteiger partial charge in [0.2, 0.25) is 0 Å². The summed E-state index contributed by atoms with van der Waals surface area (Å²) < 4.78 is 0. The molecule has 27 heavy (non-hydrogen) atoms. The monoisotopic (exact) mass is 384 g/mol. The molecule has 1 nitrogen and oxygen atoms in total. The Morgan fingerprint density at radius 1 is 0.815 bits per heavy atom. The van der Waals surface area contributed by atoms with Crippen LogP contribution in [0.4, 0.5) is 0 Å². The van der Waals surface area contributed by atoms with E-state index in [0.29, 0.717) is 0 Å². The van der Waals surface area contributed by atoms with E-state index in [9.17, 15) is 5.11 Å². The lowest BCUT2D eigenvalue weighted by Crippen LogP contribution is -2.13. The van der Waals surface area contributed by atoms with E-state index in [4.69, 9.17) is 12.2 Å². The van der Waals surface area contributed by atoms with E-state index < -0.39 is 0 Å². The summed E-state index contributed by atoms with van der Waals surface area (Å²) in [5.41, 5.74) is 1.18. The smallest absolute Gasteiger partial charge is 0.164 e. The normalized spacial score (nSPS) is 13.6. The predicted octanol–water partition coefficient (Wildman–Crippen LogP) is 8.37. The Morgan fingerprint density at radius 2 is 1.52 bits per heavy atom. The molecule has 0 bridgehead atoms. The molecule has 0 saturated carbocycles. The van der Waals surface area contributed by atoms with Crippen molar-refractivity contribution >= 4 is 28.0 Å². The summed E-state index contributed by atoms with van der Waals surface area (Å²) in [6.07, 6.45) is 12.6. The largest absolute Gasteiger partial charge is 0.502 e. The highest BCUT2D eigenvalue weighted by Crippen LogP contribution is 2.33. The Balaban J connectivity index is 2.07. The Morgan fingerprint density at radius 3 is 2.26 bits per heavy atom. The first-order chi connectivity index (χ1) is 13.2. The van der Waals surface area contributed by atoms with Gasteiger partial charge in [0.1, 0.15) is 0 Å². The van der Waals surface area contributed by atoms with Gasteiger partial charge in [-0.2, -0.15) is 0 Å². The fourth-order valence-electron chi connectivity index (χ4n) is 4.15. The van der Waals surface area contributed by atoms with E-state index in [0.717, 1.165) is 18.8 Å². The summed E-state index contributed by atoms with van der Waals surface area (Å²) in [7, 11) is 0. The fourth-order valence-corrected chi connectivity index (χ4v) is 4.40. The number of hydrogen-bond donors (Lipinski definition) is 1. The molecule has 0 saturated heterocycles. The van der Waals surface area contributed by atoms with Crippen LogP contribution >= 0.6 is 12.2 Å². The van der Waals surface area contributed by atoms with Gasteiger partial charge in [-0.3, -0.25) is 0 Å². The van der Waals surface area contributed by atoms with E-state index >= 15 is 0 Å². The lowest BCUT2D eigenvalue weighted by Gasteiger charge is -2.22. The second kappa shape index (κ2) is 12.1. The zero-order valence-electron chi connectivity index (χ0n) is 17.1. The van der Waals surface area contributed by atoms with Crippen molar-refractivity contribution in [3.8, 4) is 0 Å². The van der Waals surface area contributed by atoms with Crippen molar-refractivity contribution in [3.05, 3.63) is 48.0 Å². The van der Waals surface area contributed by atoms with Crippen LogP contribution < -0.4 is 0 Å². The van der Waals surface area contributed by atoms with Crippen molar-refractivity contribution in [1.29, 1.82) is 0 Å². The van der Waals surface area contributed by atoms with Crippen molar-refractivity contribution in [2.45, 2.75) is 84.0 Å². The van der Waals surface area contributed by atoms with Gasteiger partial charge in [0.15, 0.2) is 5.05 Å². The molecule has 2 unspecified atom stereocenters. The Hall–Kier alpha value is -1.41. The first kappa shape index (κ1) is 21.9. The minimum atomic E-state index is -0.0362. The molecule has 0 aliphatic rings. The number of fused-ring (bicyclic) bond motifs is 1. The van der Waals surface area contributed by atoms with Crippen molar-refractivity contribution in [1.82, 2.24) is 0 Å². The molecule has 2 rings (SSSR count). The molecule has 0 heterocycles. The van der Waals surface area contributed by atoms with Crippen LogP contribution in [-0.4, -0.2) is 10.2 Å². The van der Waals surface area contributed by atoms with Gasteiger partial charge in [-0.15, -0.1) is 0 Å². The van der Waals surface area contributed by atoms with Crippen molar-refractivity contribution in [2.75, 3.05) is 0 Å². The summed E-state index contributed by atoms with van der Waals surface area (Å²) in [6, 6.07) is 14.8. The van der Waals surface area contributed by atoms with Gasteiger partial charge in [0.25, 0.3) is 0 Å². The first-order valence-electron chi connectivity index (χ1n) is 10.9. The van der Waals surface area contributed by atoms with E-state index in [1.54, 1.807) is 0 Å². The topological polar surface area (TPSA) is 20.2 Å². The average molecular weight is 385 g/mol. The first-order valence-corrected chi connectivity index (χ1v) is 11.3. The molecule has 2 aromatic rings. The number of rotatable bonds is 13. The number of thiocarbonyl (C=S) groups is 1.